The average molecular weight is 745 g/mol. The number of aromatic nitrogens is 1. The Labute approximate surface area is 335 Å². The number of para-hydroxylation sites is 1. The third-order valence-electron chi connectivity index (χ3n) is 11.2. The first-order valence-electron chi connectivity index (χ1n) is 19.4. The summed E-state index contributed by atoms with van der Waals surface area (Å²) in [4.78, 5) is 2.41. The number of rotatable bonds is 7. The number of hydrogen-bond donors (Lipinski definition) is 0. The van der Waals surface area contributed by atoms with E-state index in [2.05, 4.69) is 228 Å². The van der Waals surface area contributed by atoms with Crippen LogP contribution in [0.3, 0.4) is 0 Å². The maximum atomic E-state index is 2.44. The topological polar surface area (TPSA) is 8.17 Å². The van der Waals surface area contributed by atoms with E-state index >= 15 is 0 Å². The van der Waals surface area contributed by atoms with E-state index in [1.165, 1.54) is 69.8 Å². The van der Waals surface area contributed by atoms with Gasteiger partial charge in [0, 0.05) is 53.7 Å². The van der Waals surface area contributed by atoms with Crippen molar-refractivity contribution in [3.63, 3.8) is 0 Å². The molecule has 0 radical (unpaired) electrons. The molecule has 2 heterocycles. The van der Waals surface area contributed by atoms with E-state index in [9.17, 15) is 0 Å². The van der Waals surface area contributed by atoms with Gasteiger partial charge in [-0.05, 0) is 94.0 Å². The third-order valence-corrected chi connectivity index (χ3v) is 12.3. The first kappa shape index (κ1) is 33.2. The van der Waals surface area contributed by atoms with Crippen LogP contribution in [0.1, 0.15) is 0 Å². The Hall–Kier alpha value is -7.20. The normalized spacial score (nSPS) is 11.5. The minimum Gasteiger partial charge on any atom is -0.310 e. The monoisotopic (exact) mass is 744 g/mol. The second-order valence-corrected chi connectivity index (χ2v) is 15.6. The van der Waals surface area contributed by atoms with Gasteiger partial charge in [0.1, 0.15) is 0 Å². The highest BCUT2D eigenvalue weighted by molar-refractivity contribution is 7.25. The molecule has 0 aliphatic heterocycles. The van der Waals surface area contributed by atoms with Crippen LogP contribution in [0.4, 0.5) is 17.1 Å². The molecule has 0 aliphatic rings. The molecule has 11 rings (SSSR count). The molecule has 0 amide bonds. The molecular weight excluding hydrogens is 709 g/mol. The van der Waals surface area contributed by atoms with Gasteiger partial charge >= 0.3 is 0 Å². The van der Waals surface area contributed by atoms with E-state index in [4.69, 9.17) is 0 Å². The predicted octanol–water partition coefficient (Wildman–Crippen LogP) is 15.6. The zero-order valence-electron chi connectivity index (χ0n) is 31.1. The zero-order chi connectivity index (χ0) is 37.7. The maximum absolute atomic E-state index is 2.44. The summed E-state index contributed by atoms with van der Waals surface area (Å²) >= 11 is 1.86. The summed E-state index contributed by atoms with van der Waals surface area (Å²) in [6.45, 7) is 0. The molecule has 0 atom stereocenters. The SMILES string of the molecule is c1ccc(-c2ccc(N(c3ccc4c(c3)sc3ccccc34)c3ccc4c5c(-c6ccccc6-c6ccccc6)cccc5n(-c5ccccc5)c4c3)cc2)cc1. The van der Waals surface area contributed by atoms with E-state index in [0.717, 1.165) is 28.3 Å². The van der Waals surface area contributed by atoms with Gasteiger partial charge in [-0.25, -0.2) is 0 Å². The van der Waals surface area contributed by atoms with Crippen molar-refractivity contribution in [2.24, 2.45) is 0 Å². The first-order valence-corrected chi connectivity index (χ1v) is 20.2. The lowest BCUT2D eigenvalue weighted by molar-refractivity contribution is 1.18. The Morgan fingerprint density at radius 1 is 0.333 bits per heavy atom. The summed E-state index contributed by atoms with van der Waals surface area (Å²) in [5, 5.41) is 5.06. The summed E-state index contributed by atoms with van der Waals surface area (Å²) in [5.41, 5.74) is 14.1. The minimum absolute atomic E-state index is 1.10. The molecule has 0 spiro atoms. The van der Waals surface area contributed by atoms with Gasteiger partial charge in [0.25, 0.3) is 0 Å². The number of benzene rings is 9. The van der Waals surface area contributed by atoms with E-state index in [1.807, 2.05) is 11.3 Å². The fourth-order valence-corrected chi connectivity index (χ4v) is 9.74. The number of thiophene rings is 1. The van der Waals surface area contributed by atoms with E-state index in [0.29, 0.717) is 0 Å². The lowest BCUT2D eigenvalue weighted by Gasteiger charge is -2.26. The van der Waals surface area contributed by atoms with Crippen LogP contribution in [0.2, 0.25) is 0 Å². The molecule has 0 N–H and O–H groups in total. The van der Waals surface area contributed by atoms with Gasteiger partial charge in [-0.1, -0.05) is 158 Å². The second kappa shape index (κ2) is 13.8. The predicted molar refractivity (Wildman–Crippen MR) is 245 cm³/mol. The first-order chi connectivity index (χ1) is 28.3. The van der Waals surface area contributed by atoms with Crippen LogP contribution in [0.15, 0.2) is 218 Å². The quantitative estimate of drug-likeness (QED) is 0.158. The molecule has 268 valence electrons. The largest absolute Gasteiger partial charge is 0.310 e. The number of fused-ring (bicyclic) bond motifs is 6. The number of nitrogens with zero attached hydrogens (tertiary/aromatic N) is 2. The lowest BCUT2D eigenvalue weighted by Crippen LogP contribution is -2.10. The Morgan fingerprint density at radius 3 is 1.67 bits per heavy atom. The van der Waals surface area contributed by atoms with Crippen molar-refractivity contribution in [2.45, 2.75) is 0 Å². The van der Waals surface area contributed by atoms with Gasteiger partial charge in [-0.3, -0.25) is 0 Å². The van der Waals surface area contributed by atoms with Gasteiger partial charge < -0.3 is 9.47 Å². The van der Waals surface area contributed by atoms with Crippen molar-refractivity contribution >= 4 is 70.4 Å². The molecule has 0 saturated carbocycles. The summed E-state index contributed by atoms with van der Waals surface area (Å²) in [7, 11) is 0. The molecule has 2 nitrogen and oxygen atoms in total. The van der Waals surface area contributed by atoms with Crippen LogP contribution in [0.25, 0.3) is 81.0 Å². The fraction of sp³-hybridized carbons (Fsp3) is 0. The molecule has 0 bridgehead atoms. The Kier molecular flexibility index (Phi) is 8.04. The standard InChI is InChI=1S/C54H36N2S/c1-4-15-37(16-5-1)38-27-29-41(30-28-38)55(43-31-33-47-46-23-12-13-26-52(46)57-53(47)36-43)42-32-34-49-51(35-42)56(40-19-8-3-9-20-40)50-25-14-24-48(54(49)50)45-22-11-10-21-44(45)39-17-6-2-7-18-39/h1-36H. The van der Waals surface area contributed by atoms with E-state index in [-0.39, 0.29) is 0 Å². The minimum atomic E-state index is 1.10. The smallest absolute Gasteiger partial charge is 0.0562 e. The van der Waals surface area contributed by atoms with Gasteiger partial charge in [0.15, 0.2) is 0 Å². The number of hydrogen-bond acceptors (Lipinski definition) is 2. The van der Waals surface area contributed by atoms with Crippen molar-refractivity contribution in [1.29, 1.82) is 0 Å². The fourth-order valence-electron chi connectivity index (χ4n) is 8.60. The average Bonchev–Trinajstić information content (AvgIpc) is 3.83. The van der Waals surface area contributed by atoms with Gasteiger partial charge in [-0.2, -0.15) is 0 Å². The van der Waals surface area contributed by atoms with Gasteiger partial charge in [-0.15, -0.1) is 11.3 Å². The molecule has 2 aromatic heterocycles. The lowest BCUT2D eigenvalue weighted by atomic mass is 9.92. The van der Waals surface area contributed by atoms with Crippen LogP contribution in [0, 0.1) is 0 Å². The van der Waals surface area contributed by atoms with Crippen LogP contribution in [0.5, 0.6) is 0 Å². The van der Waals surface area contributed by atoms with Crippen LogP contribution < -0.4 is 4.90 Å². The van der Waals surface area contributed by atoms with Gasteiger partial charge in [0.2, 0.25) is 0 Å². The van der Waals surface area contributed by atoms with Crippen LogP contribution >= 0.6 is 11.3 Å². The second-order valence-electron chi connectivity index (χ2n) is 14.5. The molecule has 9 aromatic carbocycles. The Balaban J connectivity index is 1.15. The van der Waals surface area contributed by atoms with Crippen molar-refractivity contribution in [1.82, 2.24) is 4.57 Å². The van der Waals surface area contributed by atoms with Crippen molar-refractivity contribution < 1.29 is 0 Å². The summed E-state index contributed by atoms with van der Waals surface area (Å²) in [6.07, 6.45) is 0. The highest BCUT2D eigenvalue weighted by Crippen LogP contribution is 2.45. The Bertz CT molecular complexity index is 3220. The molecule has 0 saturated heterocycles. The van der Waals surface area contributed by atoms with E-state index in [1.54, 1.807) is 0 Å². The van der Waals surface area contributed by atoms with Crippen molar-refractivity contribution in [2.75, 3.05) is 4.90 Å². The van der Waals surface area contributed by atoms with Gasteiger partial charge in [0.05, 0.1) is 11.0 Å². The van der Waals surface area contributed by atoms with E-state index < -0.39 is 0 Å². The van der Waals surface area contributed by atoms with Crippen LogP contribution in [-0.4, -0.2) is 4.57 Å². The van der Waals surface area contributed by atoms with Crippen LogP contribution in [-0.2, 0) is 0 Å². The van der Waals surface area contributed by atoms with Crippen molar-refractivity contribution in [3.05, 3.63) is 218 Å². The zero-order valence-corrected chi connectivity index (χ0v) is 31.9. The van der Waals surface area contributed by atoms with Crippen molar-refractivity contribution in [3.8, 4) is 39.1 Å². The maximum Gasteiger partial charge on any atom is 0.0562 e. The highest BCUT2D eigenvalue weighted by Gasteiger charge is 2.21. The number of anilines is 3. The summed E-state index contributed by atoms with van der Waals surface area (Å²) in [5.74, 6) is 0. The Morgan fingerprint density at radius 2 is 0.895 bits per heavy atom. The summed E-state index contributed by atoms with van der Waals surface area (Å²) in [6, 6.07) is 79.4. The molecule has 3 heteroatoms. The molecule has 11 aromatic rings. The molecule has 57 heavy (non-hydrogen) atoms. The molecule has 0 unspecified atom stereocenters. The molecule has 0 aliphatic carbocycles. The highest BCUT2D eigenvalue weighted by atomic mass is 32.1. The third kappa shape index (κ3) is 5.71. The molecule has 0 fully saturated rings. The molecular formula is C54H36N2S. The summed E-state index contributed by atoms with van der Waals surface area (Å²) < 4.78 is 5.02.